The van der Waals surface area contributed by atoms with E-state index < -0.39 is 38.4 Å². The maximum atomic E-state index is 12.7. The zero-order valence-electron chi connectivity index (χ0n) is 17.8. The Balaban J connectivity index is 5.64. The molecule has 0 atom stereocenters. The zero-order valence-corrected chi connectivity index (χ0v) is 18.8. The standard InChI is InChI=1S/C18H34O8Si/c1-9-23-15(20)18(16(21)24-10-2,11-22-13-25-14(3)19)12-26-27(7,8)17(4,5)6/h9-13H2,1-8H3. The van der Waals surface area contributed by atoms with Crippen molar-refractivity contribution >= 4 is 26.2 Å². The first-order valence-electron chi connectivity index (χ1n) is 9.03. The van der Waals surface area contributed by atoms with Crippen molar-refractivity contribution in [2.75, 3.05) is 33.2 Å². The summed E-state index contributed by atoms with van der Waals surface area (Å²) in [6.07, 6.45) is 0. The van der Waals surface area contributed by atoms with Crippen molar-refractivity contribution in [3.63, 3.8) is 0 Å². The van der Waals surface area contributed by atoms with Crippen LogP contribution in [-0.2, 0) is 37.8 Å². The predicted octanol–water partition coefficient (Wildman–Crippen LogP) is 2.66. The van der Waals surface area contributed by atoms with Gasteiger partial charge in [-0.1, -0.05) is 20.8 Å². The van der Waals surface area contributed by atoms with Gasteiger partial charge in [0.15, 0.2) is 15.1 Å². The minimum atomic E-state index is -2.27. The number of hydrogen-bond acceptors (Lipinski definition) is 8. The molecule has 0 radical (unpaired) electrons. The molecule has 0 aromatic heterocycles. The monoisotopic (exact) mass is 406 g/mol. The van der Waals surface area contributed by atoms with E-state index in [1.54, 1.807) is 13.8 Å². The van der Waals surface area contributed by atoms with Gasteiger partial charge >= 0.3 is 17.9 Å². The van der Waals surface area contributed by atoms with Crippen LogP contribution in [-0.4, -0.2) is 59.4 Å². The largest absolute Gasteiger partial charge is 0.465 e. The van der Waals surface area contributed by atoms with E-state index in [-0.39, 0.29) is 31.5 Å². The van der Waals surface area contributed by atoms with Crippen LogP contribution in [0.15, 0.2) is 0 Å². The molecule has 0 fully saturated rings. The van der Waals surface area contributed by atoms with Crippen LogP contribution >= 0.6 is 0 Å². The summed E-state index contributed by atoms with van der Waals surface area (Å²) in [5.74, 6) is -2.11. The molecule has 0 saturated heterocycles. The van der Waals surface area contributed by atoms with Crippen LogP contribution in [0.25, 0.3) is 0 Å². The van der Waals surface area contributed by atoms with E-state index in [4.69, 9.17) is 23.4 Å². The molecule has 0 rings (SSSR count). The minimum Gasteiger partial charge on any atom is -0.465 e. The van der Waals surface area contributed by atoms with Gasteiger partial charge in [0.05, 0.1) is 26.4 Å². The van der Waals surface area contributed by atoms with E-state index in [0.29, 0.717) is 0 Å². The van der Waals surface area contributed by atoms with Gasteiger partial charge in [0, 0.05) is 6.92 Å². The summed E-state index contributed by atoms with van der Waals surface area (Å²) in [6.45, 7) is 13.8. The van der Waals surface area contributed by atoms with Crippen molar-refractivity contribution < 1.29 is 37.8 Å². The molecule has 0 aromatic rings. The van der Waals surface area contributed by atoms with Gasteiger partial charge in [-0.15, -0.1) is 0 Å². The molecule has 158 valence electrons. The lowest BCUT2D eigenvalue weighted by atomic mass is 9.90. The second-order valence-electron chi connectivity index (χ2n) is 7.67. The van der Waals surface area contributed by atoms with Crippen LogP contribution in [0.4, 0.5) is 0 Å². The van der Waals surface area contributed by atoms with Gasteiger partial charge in [-0.3, -0.25) is 14.4 Å². The lowest BCUT2D eigenvalue weighted by Gasteiger charge is -2.39. The molecule has 0 saturated carbocycles. The Morgan fingerprint density at radius 3 is 1.70 bits per heavy atom. The number of carbonyl (C=O) groups excluding carboxylic acids is 3. The average Bonchev–Trinajstić information content (AvgIpc) is 2.53. The summed E-state index contributed by atoms with van der Waals surface area (Å²) in [7, 11) is -2.27. The van der Waals surface area contributed by atoms with E-state index in [1.165, 1.54) is 6.92 Å². The van der Waals surface area contributed by atoms with E-state index in [2.05, 4.69) is 0 Å². The summed E-state index contributed by atoms with van der Waals surface area (Å²) < 4.78 is 26.4. The molecule has 0 aliphatic heterocycles. The number of rotatable bonds is 11. The Kier molecular flexibility index (Phi) is 10.2. The molecule has 0 aliphatic rings. The van der Waals surface area contributed by atoms with Crippen molar-refractivity contribution in [1.29, 1.82) is 0 Å². The molecule has 0 unspecified atom stereocenters. The van der Waals surface area contributed by atoms with Gasteiger partial charge in [0.25, 0.3) is 0 Å². The van der Waals surface area contributed by atoms with Crippen molar-refractivity contribution in [3.05, 3.63) is 0 Å². The quantitative estimate of drug-likeness (QED) is 0.129. The Labute approximate surface area is 162 Å². The molecule has 0 aliphatic carbocycles. The molecule has 8 nitrogen and oxygen atoms in total. The predicted molar refractivity (Wildman–Crippen MR) is 101 cm³/mol. The lowest BCUT2D eigenvalue weighted by molar-refractivity contribution is -0.184. The van der Waals surface area contributed by atoms with Crippen LogP contribution in [0, 0.1) is 5.41 Å². The van der Waals surface area contributed by atoms with Gasteiger partial charge in [-0.25, -0.2) is 0 Å². The third kappa shape index (κ3) is 7.59. The highest BCUT2D eigenvalue weighted by molar-refractivity contribution is 6.74. The molecule has 0 aromatic carbocycles. The van der Waals surface area contributed by atoms with Gasteiger partial charge in [-0.05, 0) is 32.0 Å². The first kappa shape index (κ1) is 25.5. The fraction of sp³-hybridized carbons (Fsp3) is 0.833. The van der Waals surface area contributed by atoms with Crippen molar-refractivity contribution in [2.45, 2.75) is 59.7 Å². The molecular weight excluding hydrogens is 372 g/mol. The highest BCUT2D eigenvalue weighted by Crippen LogP contribution is 2.38. The Hall–Kier alpha value is -1.45. The average molecular weight is 407 g/mol. The van der Waals surface area contributed by atoms with Crippen molar-refractivity contribution in [2.24, 2.45) is 5.41 Å². The second-order valence-corrected chi connectivity index (χ2v) is 12.5. The topological polar surface area (TPSA) is 97.4 Å². The summed E-state index contributed by atoms with van der Waals surface area (Å²) >= 11 is 0. The number of hydrogen-bond donors (Lipinski definition) is 0. The zero-order chi connectivity index (χ0) is 21.3. The van der Waals surface area contributed by atoms with Gasteiger partial charge in [0.2, 0.25) is 5.41 Å². The third-order valence-electron chi connectivity index (χ3n) is 4.51. The lowest BCUT2D eigenvalue weighted by Crippen LogP contribution is -2.53. The van der Waals surface area contributed by atoms with Gasteiger partial charge < -0.3 is 23.4 Å². The summed E-state index contributed by atoms with van der Waals surface area (Å²) in [5.41, 5.74) is -1.79. The second kappa shape index (κ2) is 10.8. The SMILES string of the molecule is CCOC(=O)C(COCOC(C)=O)(CO[Si](C)(C)C(C)(C)C)C(=O)OCC. The first-order chi connectivity index (χ1) is 12.3. The number of carbonyl (C=O) groups is 3. The smallest absolute Gasteiger partial charge is 0.328 e. The molecule has 0 amide bonds. The number of esters is 3. The summed E-state index contributed by atoms with van der Waals surface area (Å²) in [6, 6.07) is 0. The van der Waals surface area contributed by atoms with E-state index >= 15 is 0 Å². The van der Waals surface area contributed by atoms with Crippen molar-refractivity contribution in [1.82, 2.24) is 0 Å². The van der Waals surface area contributed by atoms with Gasteiger partial charge in [-0.2, -0.15) is 0 Å². The maximum absolute atomic E-state index is 12.7. The minimum absolute atomic E-state index is 0.0873. The fourth-order valence-corrected chi connectivity index (χ4v) is 2.80. The summed E-state index contributed by atoms with van der Waals surface area (Å²) in [4.78, 5) is 36.3. The first-order valence-corrected chi connectivity index (χ1v) is 11.9. The summed E-state index contributed by atoms with van der Waals surface area (Å²) in [5, 5.41) is -0.124. The van der Waals surface area contributed by atoms with Crippen LogP contribution in [0.2, 0.25) is 18.1 Å². The fourth-order valence-electron chi connectivity index (χ4n) is 1.76. The Morgan fingerprint density at radius 2 is 1.33 bits per heavy atom. The molecule has 9 heteroatoms. The Bertz CT molecular complexity index is 492. The molecular formula is C18H34O8Si. The maximum Gasteiger partial charge on any atom is 0.328 e. The van der Waals surface area contributed by atoms with E-state index in [1.807, 2.05) is 33.9 Å². The molecule has 27 heavy (non-hydrogen) atoms. The van der Waals surface area contributed by atoms with Crippen LogP contribution in [0.5, 0.6) is 0 Å². The van der Waals surface area contributed by atoms with E-state index in [9.17, 15) is 14.4 Å². The number of ether oxygens (including phenoxy) is 4. The third-order valence-corrected chi connectivity index (χ3v) is 8.99. The highest BCUT2D eigenvalue weighted by Gasteiger charge is 2.52. The molecule has 0 N–H and O–H groups in total. The molecule has 0 spiro atoms. The van der Waals surface area contributed by atoms with Crippen molar-refractivity contribution in [3.8, 4) is 0 Å². The normalized spacial score (nSPS) is 12.4. The van der Waals surface area contributed by atoms with Gasteiger partial charge in [0.1, 0.15) is 0 Å². The van der Waals surface area contributed by atoms with Crippen LogP contribution in [0.1, 0.15) is 41.5 Å². The molecule has 0 bridgehead atoms. The Morgan fingerprint density at radius 1 is 0.852 bits per heavy atom. The van der Waals surface area contributed by atoms with Crippen LogP contribution in [0.3, 0.4) is 0 Å². The van der Waals surface area contributed by atoms with Crippen LogP contribution < -0.4 is 0 Å². The van der Waals surface area contributed by atoms with E-state index in [0.717, 1.165) is 0 Å². The molecule has 0 heterocycles. The highest BCUT2D eigenvalue weighted by atomic mass is 28.4.